The summed E-state index contributed by atoms with van der Waals surface area (Å²) < 4.78 is 5.27. The minimum Gasteiger partial charge on any atom is -0.464 e. The quantitative estimate of drug-likeness (QED) is 0.759. The number of hydrogen-bond acceptors (Lipinski definition) is 2. The molecule has 0 spiro atoms. The highest BCUT2D eigenvalue weighted by Gasteiger charge is 2.03. The van der Waals surface area contributed by atoms with Gasteiger partial charge in [0.15, 0.2) is 0 Å². The fourth-order valence-electron chi connectivity index (χ4n) is 1.42. The van der Waals surface area contributed by atoms with Crippen LogP contribution in [0.3, 0.4) is 0 Å². The molecule has 1 aromatic heterocycles. The van der Waals surface area contributed by atoms with Gasteiger partial charge in [-0.3, -0.25) is 0 Å². The van der Waals surface area contributed by atoms with Crippen LogP contribution >= 0.6 is 0 Å². The molecule has 2 rings (SSSR count). The number of nitrogens with one attached hydrogen (secondary N) is 1. The summed E-state index contributed by atoms with van der Waals surface area (Å²) >= 11 is 0. The van der Waals surface area contributed by atoms with Crippen LogP contribution in [0.25, 0.3) is 11.0 Å². The Balaban J connectivity index is 2.48. The monoisotopic (exact) mass is 175 g/mol. The maximum Gasteiger partial charge on any atom is 0.133 e. The van der Waals surface area contributed by atoms with Crippen molar-refractivity contribution in [1.82, 2.24) is 5.32 Å². The number of benzene rings is 1. The Hall–Kier alpha value is -1.28. The molecule has 2 aromatic rings. The second-order valence-electron chi connectivity index (χ2n) is 3.23. The van der Waals surface area contributed by atoms with E-state index in [2.05, 4.69) is 24.4 Å². The summed E-state index contributed by atoms with van der Waals surface area (Å²) in [4.78, 5) is 0. The van der Waals surface area contributed by atoms with Crippen molar-refractivity contribution in [2.75, 3.05) is 7.05 Å². The minimum absolute atomic E-state index is 0.388. The van der Waals surface area contributed by atoms with Crippen LogP contribution < -0.4 is 5.32 Å². The first-order valence-electron chi connectivity index (χ1n) is 4.45. The molecular formula is C11H13NO. The van der Waals surface area contributed by atoms with E-state index in [9.17, 15) is 0 Å². The van der Waals surface area contributed by atoms with Gasteiger partial charge in [-0.2, -0.15) is 0 Å². The van der Waals surface area contributed by atoms with Gasteiger partial charge >= 0.3 is 0 Å². The van der Waals surface area contributed by atoms with Crippen LogP contribution in [0, 0.1) is 0 Å². The highest BCUT2D eigenvalue weighted by Crippen LogP contribution is 2.20. The van der Waals surface area contributed by atoms with Gasteiger partial charge in [0, 0.05) is 11.4 Å². The molecule has 0 amide bonds. The predicted molar refractivity (Wildman–Crippen MR) is 53.7 cm³/mol. The Kier molecular flexibility index (Phi) is 2.07. The van der Waals surface area contributed by atoms with Crippen molar-refractivity contribution in [3.05, 3.63) is 36.1 Å². The average molecular weight is 175 g/mol. The smallest absolute Gasteiger partial charge is 0.133 e. The second-order valence-corrected chi connectivity index (χ2v) is 3.23. The third-order valence-electron chi connectivity index (χ3n) is 2.41. The number of rotatable bonds is 2. The Morgan fingerprint density at radius 2 is 2.15 bits per heavy atom. The van der Waals surface area contributed by atoms with Crippen LogP contribution in [-0.4, -0.2) is 7.05 Å². The van der Waals surface area contributed by atoms with Gasteiger partial charge in [-0.15, -0.1) is 0 Å². The summed E-state index contributed by atoms with van der Waals surface area (Å²) in [6.45, 7) is 2.14. The summed E-state index contributed by atoms with van der Waals surface area (Å²) in [5.74, 6) is 0. The summed E-state index contributed by atoms with van der Waals surface area (Å²) in [6, 6.07) is 8.63. The van der Waals surface area contributed by atoms with Gasteiger partial charge in [-0.1, -0.05) is 6.07 Å². The van der Waals surface area contributed by atoms with Gasteiger partial charge in [-0.25, -0.2) is 0 Å². The molecule has 2 heteroatoms. The van der Waals surface area contributed by atoms with Crippen molar-refractivity contribution in [3.63, 3.8) is 0 Å². The number of hydrogen-bond donors (Lipinski definition) is 1. The van der Waals surface area contributed by atoms with Crippen LogP contribution in [0.1, 0.15) is 18.5 Å². The fourth-order valence-corrected chi connectivity index (χ4v) is 1.42. The molecule has 0 aliphatic heterocycles. The largest absolute Gasteiger partial charge is 0.464 e. The first-order chi connectivity index (χ1) is 6.31. The van der Waals surface area contributed by atoms with Crippen molar-refractivity contribution >= 4 is 11.0 Å². The van der Waals surface area contributed by atoms with Crippen LogP contribution in [0.5, 0.6) is 0 Å². The fraction of sp³-hybridized carbons (Fsp3) is 0.273. The molecule has 1 aromatic carbocycles. The lowest BCUT2D eigenvalue weighted by Gasteiger charge is -2.09. The molecule has 0 radical (unpaired) electrons. The first kappa shape index (κ1) is 8.32. The molecular weight excluding hydrogens is 162 g/mol. The average Bonchev–Trinajstić information content (AvgIpc) is 2.63. The van der Waals surface area contributed by atoms with Gasteiger partial charge in [0.25, 0.3) is 0 Å². The van der Waals surface area contributed by atoms with Crippen molar-refractivity contribution in [1.29, 1.82) is 0 Å². The van der Waals surface area contributed by atoms with E-state index in [1.807, 2.05) is 19.2 Å². The van der Waals surface area contributed by atoms with E-state index in [0.29, 0.717) is 6.04 Å². The van der Waals surface area contributed by atoms with Gasteiger partial charge in [0.1, 0.15) is 5.58 Å². The summed E-state index contributed by atoms with van der Waals surface area (Å²) in [7, 11) is 1.96. The molecule has 1 heterocycles. The molecule has 0 unspecified atom stereocenters. The standard InChI is InChI=1S/C11H13NO/c1-8(12-2)9-3-4-11-10(7-9)5-6-13-11/h3-8,12H,1-2H3/t8-/m1/s1. The Morgan fingerprint density at radius 1 is 1.31 bits per heavy atom. The van der Waals surface area contributed by atoms with Crippen molar-refractivity contribution < 1.29 is 4.42 Å². The van der Waals surface area contributed by atoms with Gasteiger partial charge in [0.2, 0.25) is 0 Å². The van der Waals surface area contributed by atoms with E-state index in [1.54, 1.807) is 6.26 Å². The molecule has 0 saturated heterocycles. The van der Waals surface area contributed by atoms with Gasteiger partial charge in [-0.05, 0) is 37.7 Å². The molecule has 13 heavy (non-hydrogen) atoms. The van der Waals surface area contributed by atoms with Crippen molar-refractivity contribution in [2.24, 2.45) is 0 Å². The van der Waals surface area contributed by atoms with Crippen LogP contribution in [0.15, 0.2) is 34.9 Å². The van der Waals surface area contributed by atoms with E-state index in [4.69, 9.17) is 4.42 Å². The third kappa shape index (κ3) is 1.45. The topological polar surface area (TPSA) is 25.2 Å². The predicted octanol–water partition coefficient (Wildman–Crippen LogP) is 2.71. The maximum absolute atomic E-state index is 5.27. The normalized spacial score (nSPS) is 13.4. The lowest BCUT2D eigenvalue weighted by atomic mass is 10.1. The maximum atomic E-state index is 5.27. The molecule has 68 valence electrons. The van der Waals surface area contributed by atoms with Crippen LogP contribution in [-0.2, 0) is 0 Å². The Morgan fingerprint density at radius 3 is 2.92 bits per heavy atom. The van der Waals surface area contributed by atoms with E-state index >= 15 is 0 Å². The second kappa shape index (κ2) is 3.23. The molecule has 0 aliphatic rings. The molecule has 0 saturated carbocycles. The van der Waals surface area contributed by atoms with E-state index in [0.717, 1.165) is 5.58 Å². The number of furan rings is 1. The molecule has 1 N–H and O–H groups in total. The molecule has 0 bridgehead atoms. The summed E-state index contributed by atoms with van der Waals surface area (Å²) in [6.07, 6.45) is 1.72. The summed E-state index contributed by atoms with van der Waals surface area (Å²) in [5, 5.41) is 4.37. The zero-order chi connectivity index (χ0) is 9.26. The zero-order valence-corrected chi connectivity index (χ0v) is 7.87. The Labute approximate surface area is 77.6 Å². The lowest BCUT2D eigenvalue weighted by Crippen LogP contribution is -2.11. The number of fused-ring (bicyclic) bond motifs is 1. The van der Waals surface area contributed by atoms with E-state index in [1.165, 1.54) is 10.9 Å². The van der Waals surface area contributed by atoms with Crippen LogP contribution in [0.4, 0.5) is 0 Å². The molecule has 1 atom stereocenters. The highest BCUT2D eigenvalue weighted by atomic mass is 16.3. The lowest BCUT2D eigenvalue weighted by molar-refractivity contribution is 0.614. The Bertz CT molecular complexity index is 405. The zero-order valence-electron chi connectivity index (χ0n) is 7.87. The van der Waals surface area contributed by atoms with Crippen molar-refractivity contribution in [3.8, 4) is 0 Å². The van der Waals surface area contributed by atoms with E-state index in [-0.39, 0.29) is 0 Å². The van der Waals surface area contributed by atoms with Crippen molar-refractivity contribution in [2.45, 2.75) is 13.0 Å². The minimum atomic E-state index is 0.388. The molecule has 2 nitrogen and oxygen atoms in total. The van der Waals surface area contributed by atoms with Gasteiger partial charge in [0.05, 0.1) is 6.26 Å². The van der Waals surface area contributed by atoms with Crippen LogP contribution in [0.2, 0.25) is 0 Å². The SMILES string of the molecule is CN[C@H](C)c1ccc2occc2c1. The third-order valence-corrected chi connectivity index (χ3v) is 2.41. The van der Waals surface area contributed by atoms with E-state index < -0.39 is 0 Å². The first-order valence-corrected chi connectivity index (χ1v) is 4.45. The summed E-state index contributed by atoms with van der Waals surface area (Å²) in [5.41, 5.74) is 2.24. The molecule has 0 fully saturated rings. The van der Waals surface area contributed by atoms with Gasteiger partial charge < -0.3 is 9.73 Å². The highest BCUT2D eigenvalue weighted by molar-refractivity contribution is 5.77. The molecule has 0 aliphatic carbocycles.